The van der Waals surface area contributed by atoms with Crippen LogP contribution in [0.1, 0.15) is 31.2 Å². The highest BCUT2D eigenvalue weighted by Crippen LogP contribution is 2.30. The fourth-order valence-corrected chi connectivity index (χ4v) is 3.07. The molecule has 0 unspecified atom stereocenters. The molecule has 10 heteroatoms. The summed E-state index contributed by atoms with van der Waals surface area (Å²) < 4.78 is 70.4. The van der Waals surface area contributed by atoms with E-state index in [0.717, 1.165) is 18.2 Å². The van der Waals surface area contributed by atoms with E-state index in [1.165, 1.54) is 12.1 Å². The Morgan fingerprint density at radius 2 is 1.69 bits per heavy atom. The van der Waals surface area contributed by atoms with Gasteiger partial charge in [-0.1, -0.05) is 6.07 Å². The summed E-state index contributed by atoms with van der Waals surface area (Å²) in [6.07, 6.45) is -1.82. The summed E-state index contributed by atoms with van der Waals surface area (Å²) in [6, 6.07) is 4.41. The Hall–Kier alpha value is -2.91. The number of carbonyl (C=O) groups excluding carboxylic acids is 1. The molecule has 0 bridgehead atoms. The lowest BCUT2D eigenvalue weighted by Gasteiger charge is -2.29. The molecule has 1 aliphatic carbocycles. The number of benzene rings is 1. The van der Waals surface area contributed by atoms with Crippen molar-refractivity contribution in [2.75, 3.05) is 5.32 Å². The average Bonchev–Trinajstić information content (AvgIpc) is 2.66. The largest absolute Gasteiger partial charge is 0.474 e. The smallest absolute Gasteiger partial charge is 0.417 e. The Labute approximate surface area is 163 Å². The maximum atomic E-state index is 13.6. The van der Waals surface area contributed by atoms with E-state index in [1.54, 1.807) is 0 Å². The number of urea groups is 1. The third kappa shape index (κ3) is 5.55. The molecule has 1 aromatic heterocycles. The van der Waals surface area contributed by atoms with E-state index < -0.39 is 35.1 Å². The maximum Gasteiger partial charge on any atom is 0.417 e. The quantitative estimate of drug-likeness (QED) is 0.699. The fourth-order valence-electron chi connectivity index (χ4n) is 3.07. The molecule has 5 nitrogen and oxygen atoms in total. The number of anilines is 1. The highest BCUT2D eigenvalue weighted by molar-refractivity contribution is 5.89. The van der Waals surface area contributed by atoms with Gasteiger partial charge in [-0.25, -0.2) is 18.6 Å². The molecule has 0 radical (unpaired) electrons. The van der Waals surface area contributed by atoms with Gasteiger partial charge in [-0.05, 0) is 43.9 Å². The van der Waals surface area contributed by atoms with Crippen molar-refractivity contribution in [3.63, 3.8) is 0 Å². The van der Waals surface area contributed by atoms with Gasteiger partial charge in [0.05, 0.1) is 5.56 Å². The van der Waals surface area contributed by atoms with Crippen molar-refractivity contribution < 1.29 is 31.5 Å². The second-order valence-electron chi connectivity index (χ2n) is 6.67. The Morgan fingerprint density at radius 3 is 2.24 bits per heavy atom. The summed E-state index contributed by atoms with van der Waals surface area (Å²) >= 11 is 0. The number of hydrogen-bond acceptors (Lipinski definition) is 3. The van der Waals surface area contributed by atoms with E-state index in [0.29, 0.717) is 31.9 Å². The zero-order valence-corrected chi connectivity index (χ0v) is 15.1. The summed E-state index contributed by atoms with van der Waals surface area (Å²) in [4.78, 5) is 15.7. The molecule has 1 heterocycles. The maximum absolute atomic E-state index is 13.6. The summed E-state index contributed by atoms with van der Waals surface area (Å²) in [5, 5.41) is 4.81. The normalized spacial score (nSPS) is 19.5. The predicted octanol–water partition coefficient (Wildman–Crippen LogP) is 4.89. The SMILES string of the molecule is O=C(Nc1c(F)cccc1F)NC1CCC(Oc2ccc(C(F)(F)F)cn2)CC1. The third-order valence-electron chi connectivity index (χ3n) is 4.56. The van der Waals surface area contributed by atoms with Gasteiger partial charge in [0.2, 0.25) is 5.88 Å². The van der Waals surface area contributed by atoms with E-state index in [9.17, 15) is 26.7 Å². The number of amides is 2. The Morgan fingerprint density at radius 1 is 1.03 bits per heavy atom. The van der Waals surface area contributed by atoms with Crippen molar-refractivity contribution in [2.45, 2.75) is 44.0 Å². The van der Waals surface area contributed by atoms with Gasteiger partial charge in [0.15, 0.2) is 0 Å². The van der Waals surface area contributed by atoms with Crippen LogP contribution in [0.15, 0.2) is 36.5 Å². The number of carbonyl (C=O) groups is 1. The highest BCUT2D eigenvalue weighted by atomic mass is 19.4. The molecule has 29 heavy (non-hydrogen) atoms. The number of alkyl halides is 3. The lowest BCUT2D eigenvalue weighted by Crippen LogP contribution is -2.42. The van der Waals surface area contributed by atoms with Crippen molar-refractivity contribution in [2.24, 2.45) is 0 Å². The van der Waals surface area contributed by atoms with Crippen LogP contribution in [0.4, 0.5) is 32.4 Å². The number of ether oxygens (including phenoxy) is 1. The Kier molecular flexibility index (Phi) is 6.19. The zero-order valence-electron chi connectivity index (χ0n) is 15.1. The van der Waals surface area contributed by atoms with Crippen molar-refractivity contribution >= 4 is 11.7 Å². The van der Waals surface area contributed by atoms with Crippen LogP contribution in [0, 0.1) is 11.6 Å². The molecule has 1 aromatic carbocycles. The fraction of sp³-hybridized carbons (Fsp3) is 0.368. The first-order chi connectivity index (χ1) is 13.7. The van der Waals surface area contributed by atoms with Crippen LogP contribution in [0.2, 0.25) is 0 Å². The standard InChI is InChI=1S/C19H18F5N3O2/c20-14-2-1-3-15(21)17(14)27-18(28)26-12-5-7-13(8-6-12)29-16-9-4-11(10-25-16)19(22,23)24/h1-4,9-10,12-13H,5-8H2,(H2,26,27,28). The van der Waals surface area contributed by atoms with Gasteiger partial charge in [0.1, 0.15) is 23.4 Å². The molecule has 2 amide bonds. The first-order valence-corrected chi connectivity index (χ1v) is 8.94. The number of aromatic nitrogens is 1. The number of nitrogens with one attached hydrogen (secondary N) is 2. The molecule has 1 saturated carbocycles. The van der Waals surface area contributed by atoms with Crippen molar-refractivity contribution in [1.82, 2.24) is 10.3 Å². The lowest BCUT2D eigenvalue weighted by molar-refractivity contribution is -0.137. The first-order valence-electron chi connectivity index (χ1n) is 8.94. The lowest BCUT2D eigenvalue weighted by atomic mass is 9.93. The number of nitrogens with zero attached hydrogens (tertiary/aromatic N) is 1. The summed E-state index contributed by atoms with van der Waals surface area (Å²) in [7, 11) is 0. The number of para-hydroxylation sites is 1. The minimum absolute atomic E-state index is 0.0992. The molecule has 0 saturated heterocycles. The molecule has 2 N–H and O–H groups in total. The van der Waals surface area contributed by atoms with Gasteiger partial charge in [-0.15, -0.1) is 0 Å². The Balaban J connectivity index is 1.46. The minimum atomic E-state index is -4.46. The van der Waals surface area contributed by atoms with E-state index in [4.69, 9.17) is 4.74 Å². The van der Waals surface area contributed by atoms with Crippen LogP contribution in [-0.4, -0.2) is 23.2 Å². The van der Waals surface area contributed by atoms with Crippen LogP contribution in [0.5, 0.6) is 5.88 Å². The van der Waals surface area contributed by atoms with Crippen LogP contribution in [0.25, 0.3) is 0 Å². The number of pyridine rings is 1. The van der Waals surface area contributed by atoms with Crippen molar-refractivity contribution in [3.8, 4) is 5.88 Å². The van der Waals surface area contributed by atoms with Gasteiger partial charge < -0.3 is 15.4 Å². The summed E-state index contributed by atoms with van der Waals surface area (Å²) in [5.74, 6) is -1.65. The molecule has 0 aliphatic heterocycles. The van der Waals surface area contributed by atoms with Crippen LogP contribution in [-0.2, 0) is 6.18 Å². The number of halogens is 5. The molecule has 0 atom stereocenters. The van der Waals surface area contributed by atoms with Gasteiger partial charge in [0.25, 0.3) is 0 Å². The monoisotopic (exact) mass is 415 g/mol. The minimum Gasteiger partial charge on any atom is -0.474 e. The van der Waals surface area contributed by atoms with Gasteiger partial charge >= 0.3 is 12.2 Å². The summed E-state index contributed by atoms with van der Waals surface area (Å²) in [6.45, 7) is 0. The number of hydrogen-bond donors (Lipinski definition) is 2. The molecule has 156 valence electrons. The molecule has 2 aromatic rings. The molecule has 3 rings (SSSR count). The van der Waals surface area contributed by atoms with Gasteiger partial charge in [-0.2, -0.15) is 13.2 Å². The van der Waals surface area contributed by atoms with Crippen LogP contribution < -0.4 is 15.4 Å². The summed E-state index contributed by atoms with van der Waals surface area (Å²) in [5.41, 5.74) is -1.37. The van der Waals surface area contributed by atoms with Gasteiger partial charge in [-0.3, -0.25) is 0 Å². The van der Waals surface area contributed by atoms with Gasteiger partial charge in [0, 0.05) is 18.3 Å². The van der Waals surface area contributed by atoms with Crippen molar-refractivity contribution in [1.29, 1.82) is 0 Å². The average molecular weight is 415 g/mol. The number of rotatable bonds is 4. The first kappa shape index (κ1) is 20.8. The molecule has 1 aliphatic rings. The molecule has 1 fully saturated rings. The molecular weight excluding hydrogens is 397 g/mol. The van der Waals surface area contributed by atoms with E-state index in [-0.39, 0.29) is 18.0 Å². The molecular formula is C19H18F5N3O2. The topological polar surface area (TPSA) is 63.2 Å². The van der Waals surface area contributed by atoms with E-state index >= 15 is 0 Å². The van der Waals surface area contributed by atoms with E-state index in [1.807, 2.05) is 0 Å². The molecule has 0 spiro atoms. The van der Waals surface area contributed by atoms with E-state index in [2.05, 4.69) is 15.6 Å². The van der Waals surface area contributed by atoms with Crippen LogP contribution in [0.3, 0.4) is 0 Å². The second-order valence-corrected chi connectivity index (χ2v) is 6.67. The predicted molar refractivity (Wildman–Crippen MR) is 94.4 cm³/mol. The third-order valence-corrected chi connectivity index (χ3v) is 4.56. The Bertz CT molecular complexity index is 830. The highest BCUT2D eigenvalue weighted by Gasteiger charge is 2.31. The van der Waals surface area contributed by atoms with Crippen molar-refractivity contribution in [3.05, 3.63) is 53.7 Å². The second kappa shape index (κ2) is 8.62. The zero-order chi connectivity index (χ0) is 21.0. The van der Waals surface area contributed by atoms with Crippen LogP contribution >= 0.6 is 0 Å².